The standard InChI is InChI=1S/C10H8F2N4/c11-10(12)9-8(5-15)6(4-14)3-7(16-9)1-2-13/h3,10H,1,4,14H2. The highest BCUT2D eigenvalue weighted by atomic mass is 19.3. The third-order valence-electron chi connectivity index (χ3n) is 1.98. The Morgan fingerprint density at radius 3 is 2.56 bits per heavy atom. The first kappa shape index (κ1) is 12.0. The van der Waals surface area contributed by atoms with Gasteiger partial charge < -0.3 is 5.73 Å². The molecule has 0 amide bonds. The van der Waals surface area contributed by atoms with Gasteiger partial charge in [-0.1, -0.05) is 0 Å². The van der Waals surface area contributed by atoms with Crippen molar-refractivity contribution in [3.05, 3.63) is 28.6 Å². The van der Waals surface area contributed by atoms with Crippen LogP contribution in [0.25, 0.3) is 0 Å². The monoisotopic (exact) mass is 222 g/mol. The van der Waals surface area contributed by atoms with E-state index in [0.717, 1.165) is 0 Å². The largest absolute Gasteiger partial charge is 0.326 e. The van der Waals surface area contributed by atoms with Gasteiger partial charge >= 0.3 is 0 Å². The highest BCUT2D eigenvalue weighted by Gasteiger charge is 2.19. The molecule has 82 valence electrons. The predicted octanol–water partition coefficient (Wildman–Crippen LogP) is 1.42. The Morgan fingerprint density at radius 2 is 2.12 bits per heavy atom. The van der Waals surface area contributed by atoms with E-state index in [1.165, 1.54) is 6.07 Å². The molecule has 0 saturated carbocycles. The molecule has 0 saturated heterocycles. The molecule has 0 aliphatic rings. The van der Waals surface area contributed by atoms with E-state index >= 15 is 0 Å². The minimum atomic E-state index is -2.85. The van der Waals surface area contributed by atoms with Gasteiger partial charge in [-0.3, -0.25) is 0 Å². The number of alkyl halides is 2. The van der Waals surface area contributed by atoms with Crippen LogP contribution in [-0.4, -0.2) is 4.98 Å². The molecular weight excluding hydrogens is 214 g/mol. The van der Waals surface area contributed by atoms with E-state index in [1.807, 2.05) is 6.07 Å². The summed E-state index contributed by atoms with van der Waals surface area (Å²) in [5.74, 6) is 0. The van der Waals surface area contributed by atoms with Gasteiger partial charge in [-0.25, -0.2) is 13.8 Å². The summed E-state index contributed by atoms with van der Waals surface area (Å²) in [6, 6.07) is 4.88. The molecule has 1 aromatic heterocycles. The first-order valence-electron chi connectivity index (χ1n) is 4.42. The predicted molar refractivity (Wildman–Crippen MR) is 51.1 cm³/mol. The summed E-state index contributed by atoms with van der Waals surface area (Å²) < 4.78 is 25.2. The number of nitrogens with zero attached hydrogens (tertiary/aromatic N) is 3. The Balaban J connectivity index is 3.40. The highest BCUT2D eigenvalue weighted by Crippen LogP contribution is 2.23. The van der Waals surface area contributed by atoms with Crippen molar-refractivity contribution in [3.8, 4) is 12.1 Å². The van der Waals surface area contributed by atoms with Crippen molar-refractivity contribution in [3.63, 3.8) is 0 Å². The summed E-state index contributed by atoms with van der Waals surface area (Å²) in [4.78, 5) is 3.59. The second-order valence-corrected chi connectivity index (χ2v) is 2.98. The summed E-state index contributed by atoms with van der Waals surface area (Å²) in [5.41, 5.74) is 5.05. The minimum Gasteiger partial charge on any atom is -0.326 e. The Labute approximate surface area is 90.9 Å². The van der Waals surface area contributed by atoms with Crippen molar-refractivity contribution in [2.24, 2.45) is 5.73 Å². The molecule has 16 heavy (non-hydrogen) atoms. The fourth-order valence-electron chi connectivity index (χ4n) is 1.30. The third-order valence-corrected chi connectivity index (χ3v) is 1.98. The van der Waals surface area contributed by atoms with E-state index in [-0.39, 0.29) is 29.8 Å². The molecule has 0 aliphatic heterocycles. The van der Waals surface area contributed by atoms with Crippen LogP contribution < -0.4 is 5.73 Å². The maximum Gasteiger partial charge on any atom is 0.281 e. The van der Waals surface area contributed by atoms with Crippen molar-refractivity contribution >= 4 is 0 Å². The van der Waals surface area contributed by atoms with E-state index in [1.54, 1.807) is 6.07 Å². The van der Waals surface area contributed by atoms with Crippen molar-refractivity contribution in [2.75, 3.05) is 0 Å². The Bertz CT molecular complexity index is 471. The summed E-state index contributed by atoms with van der Waals surface area (Å²) in [6.45, 7) is -0.0381. The number of nitriles is 2. The third kappa shape index (κ3) is 2.30. The number of rotatable bonds is 3. The molecular formula is C10H8F2N4. The van der Waals surface area contributed by atoms with Crippen molar-refractivity contribution in [2.45, 2.75) is 19.4 Å². The van der Waals surface area contributed by atoms with Gasteiger partial charge in [0.05, 0.1) is 23.7 Å². The molecule has 1 aromatic rings. The molecule has 0 aliphatic carbocycles. The molecule has 0 bridgehead atoms. The number of hydrogen-bond acceptors (Lipinski definition) is 4. The molecule has 6 heteroatoms. The molecule has 0 atom stereocenters. The van der Waals surface area contributed by atoms with Gasteiger partial charge in [0.2, 0.25) is 0 Å². The number of halogens is 2. The van der Waals surface area contributed by atoms with Gasteiger partial charge in [0, 0.05) is 6.54 Å². The maximum absolute atomic E-state index is 12.6. The summed E-state index contributed by atoms with van der Waals surface area (Å²) >= 11 is 0. The number of pyridine rings is 1. The number of nitrogens with two attached hydrogens (primary N) is 1. The average Bonchev–Trinajstić information content (AvgIpc) is 2.28. The Kier molecular flexibility index (Phi) is 3.87. The average molecular weight is 222 g/mol. The van der Waals surface area contributed by atoms with Crippen molar-refractivity contribution in [1.29, 1.82) is 10.5 Å². The second kappa shape index (κ2) is 5.15. The molecule has 0 spiro atoms. The summed E-state index contributed by atoms with van der Waals surface area (Å²) in [5, 5.41) is 17.2. The quantitative estimate of drug-likeness (QED) is 0.837. The van der Waals surface area contributed by atoms with Crippen LogP contribution in [0.2, 0.25) is 0 Å². The maximum atomic E-state index is 12.6. The zero-order chi connectivity index (χ0) is 12.1. The van der Waals surface area contributed by atoms with Crippen LogP contribution in [0.3, 0.4) is 0 Å². The minimum absolute atomic E-state index is 0.0381. The van der Waals surface area contributed by atoms with Crippen LogP contribution in [0.4, 0.5) is 8.78 Å². The fraction of sp³-hybridized carbons (Fsp3) is 0.300. The first-order chi connectivity index (χ1) is 7.63. The highest BCUT2D eigenvalue weighted by molar-refractivity contribution is 5.43. The lowest BCUT2D eigenvalue weighted by Crippen LogP contribution is -2.08. The van der Waals surface area contributed by atoms with E-state index in [0.29, 0.717) is 0 Å². The number of aromatic nitrogens is 1. The van der Waals surface area contributed by atoms with E-state index in [9.17, 15) is 8.78 Å². The van der Waals surface area contributed by atoms with Gasteiger partial charge in [-0.2, -0.15) is 10.5 Å². The molecule has 1 heterocycles. The zero-order valence-electron chi connectivity index (χ0n) is 8.24. The molecule has 0 fully saturated rings. The van der Waals surface area contributed by atoms with Crippen LogP contribution in [0.5, 0.6) is 0 Å². The van der Waals surface area contributed by atoms with Crippen molar-refractivity contribution < 1.29 is 8.78 Å². The van der Waals surface area contributed by atoms with Gasteiger partial charge in [-0.15, -0.1) is 0 Å². The molecule has 4 nitrogen and oxygen atoms in total. The lowest BCUT2D eigenvalue weighted by Gasteiger charge is -2.08. The van der Waals surface area contributed by atoms with Crippen LogP contribution in [0.15, 0.2) is 6.07 Å². The Hall–Kier alpha value is -2.05. The zero-order valence-corrected chi connectivity index (χ0v) is 8.24. The molecule has 0 unspecified atom stereocenters. The number of hydrogen-bond donors (Lipinski definition) is 1. The topological polar surface area (TPSA) is 86.5 Å². The lowest BCUT2D eigenvalue weighted by molar-refractivity contribution is 0.145. The van der Waals surface area contributed by atoms with Gasteiger partial charge in [0.15, 0.2) is 0 Å². The second-order valence-electron chi connectivity index (χ2n) is 2.98. The Morgan fingerprint density at radius 1 is 1.44 bits per heavy atom. The van der Waals surface area contributed by atoms with Crippen LogP contribution in [0, 0.1) is 22.7 Å². The normalized spacial score (nSPS) is 9.88. The molecule has 1 rings (SSSR count). The van der Waals surface area contributed by atoms with Gasteiger partial charge in [0.1, 0.15) is 11.8 Å². The smallest absolute Gasteiger partial charge is 0.281 e. The molecule has 0 radical (unpaired) electrons. The molecule has 2 N–H and O–H groups in total. The van der Waals surface area contributed by atoms with Crippen LogP contribution in [-0.2, 0) is 13.0 Å². The van der Waals surface area contributed by atoms with Crippen molar-refractivity contribution in [1.82, 2.24) is 4.98 Å². The van der Waals surface area contributed by atoms with E-state index < -0.39 is 12.1 Å². The fourth-order valence-corrected chi connectivity index (χ4v) is 1.30. The van der Waals surface area contributed by atoms with E-state index in [2.05, 4.69) is 4.98 Å². The van der Waals surface area contributed by atoms with Crippen LogP contribution >= 0.6 is 0 Å². The molecule has 0 aromatic carbocycles. The van der Waals surface area contributed by atoms with Gasteiger partial charge in [0.25, 0.3) is 6.43 Å². The lowest BCUT2D eigenvalue weighted by atomic mass is 10.1. The SMILES string of the molecule is N#CCc1cc(CN)c(C#N)c(C(F)F)n1. The van der Waals surface area contributed by atoms with Gasteiger partial charge in [-0.05, 0) is 11.6 Å². The summed E-state index contributed by atoms with van der Waals surface area (Å²) in [7, 11) is 0. The first-order valence-corrected chi connectivity index (χ1v) is 4.42. The van der Waals surface area contributed by atoms with Crippen LogP contribution in [0.1, 0.15) is 28.9 Å². The summed E-state index contributed by atoms with van der Waals surface area (Å²) in [6.07, 6.45) is -2.93. The van der Waals surface area contributed by atoms with E-state index in [4.69, 9.17) is 16.3 Å².